The van der Waals surface area contributed by atoms with E-state index in [4.69, 9.17) is 4.74 Å². The van der Waals surface area contributed by atoms with E-state index in [2.05, 4.69) is 20.4 Å². The van der Waals surface area contributed by atoms with Crippen molar-refractivity contribution in [3.63, 3.8) is 0 Å². The molecule has 10 heteroatoms. The van der Waals surface area contributed by atoms with Crippen LogP contribution in [0.5, 0.6) is 5.75 Å². The number of aromatic nitrogens is 4. The summed E-state index contributed by atoms with van der Waals surface area (Å²) in [5.74, 6) is 1.39. The maximum atomic E-state index is 12.6. The summed E-state index contributed by atoms with van der Waals surface area (Å²) in [5.41, 5.74) is 1.34. The van der Waals surface area contributed by atoms with E-state index in [0.717, 1.165) is 10.00 Å². The third-order valence-corrected chi connectivity index (χ3v) is 5.49. The topological polar surface area (TPSA) is 102 Å². The van der Waals surface area contributed by atoms with Crippen molar-refractivity contribution in [2.45, 2.75) is 18.7 Å². The molecule has 0 fully saturated rings. The van der Waals surface area contributed by atoms with E-state index in [1.807, 2.05) is 6.92 Å². The summed E-state index contributed by atoms with van der Waals surface area (Å²) in [7, 11) is -0.698. The minimum Gasteiger partial charge on any atom is -0.492 e. The number of aryl methyl sites for hydroxylation is 1. The van der Waals surface area contributed by atoms with Crippen molar-refractivity contribution in [1.82, 2.24) is 23.9 Å². The van der Waals surface area contributed by atoms with E-state index in [0.29, 0.717) is 29.6 Å². The molecule has 3 rings (SSSR count). The minimum atomic E-state index is -3.66. The van der Waals surface area contributed by atoms with Crippen LogP contribution in [0.25, 0.3) is 5.78 Å². The summed E-state index contributed by atoms with van der Waals surface area (Å²) in [6.07, 6.45) is 1.41. The van der Waals surface area contributed by atoms with E-state index in [1.54, 1.807) is 35.7 Å². The number of rotatable bonds is 6. The summed E-state index contributed by atoms with van der Waals surface area (Å²) in [4.78, 5) is 8.45. The highest BCUT2D eigenvalue weighted by atomic mass is 32.2. The third kappa shape index (κ3) is 3.33. The first-order valence-corrected chi connectivity index (χ1v) is 9.40. The van der Waals surface area contributed by atoms with Crippen molar-refractivity contribution in [3.8, 4) is 5.75 Å². The van der Waals surface area contributed by atoms with Crippen LogP contribution in [0.15, 0.2) is 35.5 Å². The van der Waals surface area contributed by atoms with Crippen molar-refractivity contribution in [1.29, 1.82) is 0 Å². The maximum absolute atomic E-state index is 12.6. The molecule has 1 aromatic carbocycles. The van der Waals surface area contributed by atoms with Gasteiger partial charge in [-0.1, -0.05) is 0 Å². The number of fused-ring (bicyclic) bond motifs is 1. The summed E-state index contributed by atoms with van der Waals surface area (Å²) in [6.45, 7) is 4.02. The fourth-order valence-corrected chi connectivity index (χ4v) is 3.48. The average Bonchev–Trinajstić information content (AvgIpc) is 3.04. The molecule has 0 bridgehead atoms. The van der Waals surface area contributed by atoms with E-state index < -0.39 is 10.0 Å². The van der Waals surface area contributed by atoms with Crippen LogP contribution in [0.4, 0.5) is 11.5 Å². The Balaban J connectivity index is 2.07. The molecule has 1 N–H and O–H groups in total. The van der Waals surface area contributed by atoms with Crippen LogP contribution < -0.4 is 10.1 Å². The van der Waals surface area contributed by atoms with Crippen LogP contribution in [-0.4, -0.2) is 53.0 Å². The van der Waals surface area contributed by atoms with Gasteiger partial charge in [0.15, 0.2) is 0 Å². The second kappa shape index (κ2) is 6.89. The highest BCUT2D eigenvalue weighted by molar-refractivity contribution is 7.89. The molecule has 0 spiro atoms. The highest BCUT2D eigenvalue weighted by Crippen LogP contribution is 2.30. The molecule has 2 heterocycles. The third-order valence-electron chi connectivity index (χ3n) is 3.65. The zero-order chi connectivity index (χ0) is 18.9. The normalized spacial score (nSPS) is 11.9. The van der Waals surface area contributed by atoms with E-state index >= 15 is 0 Å². The van der Waals surface area contributed by atoms with Gasteiger partial charge >= 0.3 is 0 Å². The molecule has 0 saturated heterocycles. The molecule has 138 valence electrons. The number of hydrogen-bond acceptors (Lipinski definition) is 7. The molecule has 9 nitrogen and oxygen atoms in total. The first kappa shape index (κ1) is 18.1. The smallest absolute Gasteiger partial charge is 0.254 e. The van der Waals surface area contributed by atoms with Crippen LogP contribution in [-0.2, 0) is 10.0 Å². The molecular weight excluding hydrogens is 356 g/mol. The van der Waals surface area contributed by atoms with Gasteiger partial charge < -0.3 is 10.1 Å². The van der Waals surface area contributed by atoms with Gasteiger partial charge in [0.2, 0.25) is 10.0 Å². The zero-order valence-electron chi connectivity index (χ0n) is 15.0. The van der Waals surface area contributed by atoms with Crippen LogP contribution in [0, 0.1) is 6.92 Å². The minimum absolute atomic E-state index is 0.0926. The number of benzene rings is 1. The van der Waals surface area contributed by atoms with Gasteiger partial charge in [-0.2, -0.15) is 14.6 Å². The van der Waals surface area contributed by atoms with Crippen LogP contribution in [0.2, 0.25) is 0 Å². The van der Waals surface area contributed by atoms with Gasteiger partial charge in [0, 0.05) is 31.5 Å². The largest absolute Gasteiger partial charge is 0.492 e. The second-order valence-corrected chi connectivity index (χ2v) is 7.88. The van der Waals surface area contributed by atoms with E-state index in [-0.39, 0.29) is 4.90 Å². The summed E-state index contributed by atoms with van der Waals surface area (Å²) in [5, 5.41) is 7.31. The quantitative estimate of drug-likeness (QED) is 0.700. The first-order valence-electron chi connectivity index (χ1n) is 7.96. The molecule has 2 aromatic heterocycles. The van der Waals surface area contributed by atoms with Crippen molar-refractivity contribution >= 4 is 27.3 Å². The predicted octanol–water partition coefficient (Wildman–Crippen LogP) is 1.83. The van der Waals surface area contributed by atoms with Crippen molar-refractivity contribution in [2.75, 3.05) is 26.0 Å². The van der Waals surface area contributed by atoms with Gasteiger partial charge in [-0.25, -0.2) is 17.7 Å². The van der Waals surface area contributed by atoms with Crippen LogP contribution in [0.1, 0.15) is 12.6 Å². The Hall–Kier alpha value is -2.72. The fourth-order valence-electron chi connectivity index (χ4n) is 2.43. The average molecular weight is 376 g/mol. The van der Waals surface area contributed by atoms with Crippen molar-refractivity contribution < 1.29 is 13.2 Å². The molecule has 0 saturated carbocycles. The number of sulfonamides is 1. The lowest BCUT2D eigenvalue weighted by molar-refractivity contribution is 0.330. The molecule has 3 aromatic rings. The number of nitrogens with one attached hydrogen (secondary N) is 1. The molecule has 0 aliphatic heterocycles. The summed E-state index contributed by atoms with van der Waals surface area (Å²) < 4.78 is 33.5. The summed E-state index contributed by atoms with van der Waals surface area (Å²) >= 11 is 0. The fraction of sp³-hybridized carbons (Fsp3) is 0.312. The zero-order valence-corrected chi connectivity index (χ0v) is 15.8. The van der Waals surface area contributed by atoms with Crippen molar-refractivity contribution in [3.05, 3.63) is 36.3 Å². The first-order chi connectivity index (χ1) is 12.3. The van der Waals surface area contributed by atoms with Crippen LogP contribution >= 0.6 is 0 Å². The Morgan fingerprint density at radius 1 is 1.27 bits per heavy atom. The van der Waals surface area contributed by atoms with Gasteiger partial charge in [0.25, 0.3) is 5.78 Å². The van der Waals surface area contributed by atoms with E-state index in [1.165, 1.54) is 20.4 Å². The van der Waals surface area contributed by atoms with Gasteiger partial charge in [-0.15, -0.1) is 0 Å². The SMILES string of the molecule is CCOc1ccc(Nc2cc(C)nc3ncnn23)cc1S(=O)(=O)N(C)C. The molecule has 0 unspecified atom stereocenters. The molecule has 0 atom stereocenters. The molecular formula is C16H20N6O3S. The molecule has 0 amide bonds. The molecule has 26 heavy (non-hydrogen) atoms. The number of nitrogens with zero attached hydrogens (tertiary/aromatic N) is 5. The van der Waals surface area contributed by atoms with Gasteiger partial charge in [-0.3, -0.25) is 0 Å². The van der Waals surface area contributed by atoms with Gasteiger partial charge in [0.05, 0.1) is 6.61 Å². The Labute approximate surface area is 151 Å². The molecule has 0 radical (unpaired) electrons. The molecule has 0 aliphatic carbocycles. The van der Waals surface area contributed by atoms with E-state index in [9.17, 15) is 8.42 Å². The predicted molar refractivity (Wildman–Crippen MR) is 97.3 cm³/mol. The summed E-state index contributed by atoms with van der Waals surface area (Å²) in [6, 6.07) is 6.73. The van der Waals surface area contributed by atoms with Crippen LogP contribution in [0.3, 0.4) is 0 Å². The number of anilines is 2. The monoisotopic (exact) mass is 376 g/mol. The van der Waals surface area contributed by atoms with Gasteiger partial charge in [0.1, 0.15) is 22.8 Å². The number of ether oxygens (including phenoxy) is 1. The Kier molecular flexibility index (Phi) is 4.79. The lowest BCUT2D eigenvalue weighted by Crippen LogP contribution is -2.23. The lowest BCUT2D eigenvalue weighted by Gasteiger charge is -2.17. The molecule has 0 aliphatic rings. The highest BCUT2D eigenvalue weighted by Gasteiger charge is 2.23. The standard InChI is InChI=1S/C16H20N6O3S/c1-5-25-13-7-6-12(9-14(13)26(23,24)21(3)4)20-15-8-11(2)19-16-17-10-18-22(15)16/h6-10,20H,5H2,1-4H3. The number of hydrogen-bond donors (Lipinski definition) is 1. The Morgan fingerprint density at radius 3 is 2.73 bits per heavy atom. The Bertz CT molecular complexity index is 1050. The van der Waals surface area contributed by atoms with Gasteiger partial charge in [-0.05, 0) is 32.0 Å². The second-order valence-electron chi connectivity index (χ2n) is 5.76. The Morgan fingerprint density at radius 2 is 2.04 bits per heavy atom. The maximum Gasteiger partial charge on any atom is 0.254 e. The lowest BCUT2D eigenvalue weighted by atomic mass is 10.3. The van der Waals surface area contributed by atoms with Crippen molar-refractivity contribution in [2.24, 2.45) is 0 Å².